The van der Waals surface area contributed by atoms with E-state index in [1.54, 1.807) is 31.2 Å². The van der Waals surface area contributed by atoms with E-state index in [0.29, 0.717) is 11.5 Å². The van der Waals surface area contributed by atoms with E-state index in [0.717, 1.165) is 10.5 Å². The van der Waals surface area contributed by atoms with Gasteiger partial charge >= 0.3 is 0 Å². The van der Waals surface area contributed by atoms with Gasteiger partial charge in [0.05, 0.1) is 11.1 Å². The Bertz CT molecular complexity index is 1010. The largest absolute Gasteiger partial charge is 0.489 e. The molecule has 6 nitrogen and oxygen atoms in total. The third-order valence-corrected chi connectivity index (χ3v) is 4.02. The number of rotatable bonds is 4. The molecule has 0 N–H and O–H groups in total. The van der Waals surface area contributed by atoms with Gasteiger partial charge in [-0.3, -0.25) is 9.59 Å². The van der Waals surface area contributed by atoms with Crippen molar-refractivity contribution in [3.63, 3.8) is 0 Å². The third kappa shape index (κ3) is 2.73. The first-order valence-corrected chi connectivity index (χ1v) is 7.86. The highest BCUT2D eigenvalue weighted by molar-refractivity contribution is 6.34. The van der Waals surface area contributed by atoms with Gasteiger partial charge in [0.25, 0.3) is 11.8 Å². The Hall–Kier alpha value is -3.48. The summed E-state index contributed by atoms with van der Waals surface area (Å²) in [6.45, 7) is 1.89. The van der Waals surface area contributed by atoms with Crippen LogP contribution in [0.1, 0.15) is 32.0 Å². The van der Waals surface area contributed by atoms with Gasteiger partial charge in [0.1, 0.15) is 23.9 Å². The van der Waals surface area contributed by atoms with Crippen LogP contribution in [0.4, 0.5) is 10.2 Å². The van der Waals surface area contributed by atoms with Gasteiger partial charge in [-0.2, -0.15) is 0 Å². The predicted octanol–water partition coefficient (Wildman–Crippen LogP) is 3.50. The number of anilines is 1. The third-order valence-electron chi connectivity index (χ3n) is 4.02. The van der Waals surface area contributed by atoms with E-state index in [-0.39, 0.29) is 29.4 Å². The lowest BCUT2D eigenvalue weighted by Gasteiger charge is -2.08. The van der Waals surface area contributed by atoms with Crippen LogP contribution in [0, 0.1) is 12.7 Å². The van der Waals surface area contributed by atoms with Crippen LogP contribution in [0.5, 0.6) is 5.75 Å². The summed E-state index contributed by atoms with van der Waals surface area (Å²) in [7, 11) is 0. The Balaban J connectivity index is 1.56. The number of halogens is 1. The van der Waals surface area contributed by atoms with Crippen LogP contribution >= 0.6 is 0 Å². The second-order valence-electron chi connectivity index (χ2n) is 5.86. The first-order valence-electron chi connectivity index (χ1n) is 7.86. The molecule has 1 aliphatic rings. The van der Waals surface area contributed by atoms with Crippen LogP contribution in [0.15, 0.2) is 53.1 Å². The topological polar surface area (TPSA) is 72.6 Å². The number of carbonyl (C=O) groups is 2. The normalized spacial score (nSPS) is 13.2. The second kappa shape index (κ2) is 6.11. The smallest absolute Gasteiger partial charge is 0.267 e. The number of aryl methyl sites for hydroxylation is 1. The van der Waals surface area contributed by atoms with E-state index in [2.05, 4.69) is 5.16 Å². The summed E-state index contributed by atoms with van der Waals surface area (Å²) in [5.41, 5.74) is 1.31. The maximum atomic E-state index is 12.9. The summed E-state index contributed by atoms with van der Waals surface area (Å²) in [5, 5.41) is 3.73. The van der Waals surface area contributed by atoms with E-state index in [1.165, 1.54) is 24.3 Å². The van der Waals surface area contributed by atoms with Gasteiger partial charge < -0.3 is 9.26 Å². The van der Waals surface area contributed by atoms with Crippen molar-refractivity contribution in [1.82, 2.24) is 5.16 Å². The number of carbonyl (C=O) groups excluding carboxylic acids is 2. The Morgan fingerprint density at radius 3 is 2.46 bits per heavy atom. The van der Waals surface area contributed by atoms with E-state index >= 15 is 0 Å². The molecular formula is C19H13FN2O4. The number of nitrogens with zero attached hydrogens (tertiary/aromatic N) is 2. The zero-order valence-electron chi connectivity index (χ0n) is 13.7. The standard InChI is InChI=1S/C19H13FN2O4/c1-11-8-17(21-26-11)22-18(23)15-7-6-14(9-16(15)19(22)24)25-10-12-2-4-13(20)5-3-12/h2-9H,10H2,1H3. The minimum Gasteiger partial charge on any atom is -0.489 e. The van der Waals surface area contributed by atoms with Crippen LogP contribution < -0.4 is 9.64 Å². The molecule has 0 spiro atoms. The van der Waals surface area contributed by atoms with Crippen LogP contribution in [0.25, 0.3) is 0 Å². The maximum absolute atomic E-state index is 12.9. The van der Waals surface area contributed by atoms with Crippen molar-refractivity contribution in [3.8, 4) is 5.75 Å². The zero-order valence-corrected chi connectivity index (χ0v) is 13.7. The molecule has 0 unspecified atom stereocenters. The fraction of sp³-hybridized carbons (Fsp3) is 0.105. The number of fused-ring (bicyclic) bond motifs is 1. The molecule has 0 fully saturated rings. The molecule has 4 rings (SSSR count). The lowest BCUT2D eigenvalue weighted by atomic mass is 10.1. The lowest BCUT2D eigenvalue weighted by molar-refractivity contribution is 0.0923. The quantitative estimate of drug-likeness (QED) is 0.672. The number of hydrogen-bond acceptors (Lipinski definition) is 5. The molecule has 0 atom stereocenters. The predicted molar refractivity (Wildman–Crippen MR) is 89.6 cm³/mol. The lowest BCUT2D eigenvalue weighted by Crippen LogP contribution is -2.29. The van der Waals surface area contributed by atoms with Gasteiger partial charge in [0.15, 0.2) is 5.82 Å². The summed E-state index contributed by atoms with van der Waals surface area (Å²) in [6.07, 6.45) is 0. The minimum absolute atomic E-state index is 0.155. The number of imide groups is 1. The fourth-order valence-electron chi connectivity index (χ4n) is 2.72. The van der Waals surface area contributed by atoms with Crippen LogP contribution in [-0.4, -0.2) is 17.0 Å². The van der Waals surface area contributed by atoms with Crippen molar-refractivity contribution in [2.75, 3.05) is 4.90 Å². The number of benzene rings is 2. The molecule has 130 valence electrons. The van der Waals surface area contributed by atoms with E-state index in [9.17, 15) is 14.0 Å². The maximum Gasteiger partial charge on any atom is 0.267 e. The molecule has 0 saturated heterocycles. The first kappa shape index (κ1) is 16.0. The SMILES string of the molecule is Cc1cc(N2C(=O)c3ccc(OCc4ccc(F)cc4)cc3C2=O)no1. The van der Waals surface area contributed by atoms with Gasteiger partial charge in [-0.05, 0) is 42.8 Å². The van der Waals surface area contributed by atoms with E-state index < -0.39 is 11.8 Å². The number of aromatic nitrogens is 1. The van der Waals surface area contributed by atoms with Crippen LogP contribution in [-0.2, 0) is 6.61 Å². The Labute approximate surface area is 147 Å². The van der Waals surface area contributed by atoms with Crippen molar-refractivity contribution < 1.29 is 23.2 Å². The van der Waals surface area contributed by atoms with Crippen molar-refractivity contribution in [2.45, 2.75) is 13.5 Å². The van der Waals surface area contributed by atoms with Gasteiger partial charge in [-0.25, -0.2) is 9.29 Å². The molecule has 0 radical (unpaired) electrons. The second-order valence-corrected chi connectivity index (χ2v) is 5.86. The van der Waals surface area contributed by atoms with Crippen LogP contribution in [0.3, 0.4) is 0 Å². The summed E-state index contributed by atoms with van der Waals surface area (Å²) < 4.78 is 23.5. The average Bonchev–Trinajstić information content (AvgIpc) is 3.16. The number of amides is 2. The van der Waals surface area contributed by atoms with Gasteiger partial charge in [-0.1, -0.05) is 17.3 Å². The monoisotopic (exact) mass is 352 g/mol. The van der Waals surface area contributed by atoms with Gasteiger partial charge in [0.2, 0.25) is 0 Å². The molecule has 2 amide bonds. The van der Waals surface area contributed by atoms with Crippen molar-refractivity contribution in [2.24, 2.45) is 0 Å². The molecule has 1 aromatic heterocycles. The Morgan fingerprint density at radius 1 is 1.04 bits per heavy atom. The fourth-order valence-corrected chi connectivity index (χ4v) is 2.72. The first-order chi connectivity index (χ1) is 12.5. The molecule has 1 aliphatic heterocycles. The molecule has 2 aromatic carbocycles. The summed E-state index contributed by atoms with van der Waals surface area (Å²) >= 11 is 0. The average molecular weight is 352 g/mol. The van der Waals surface area contributed by atoms with E-state index in [1.807, 2.05) is 0 Å². The van der Waals surface area contributed by atoms with E-state index in [4.69, 9.17) is 9.26 Å². The number of hydrogen-bond donors (Lipinski definition) is 0. The highest BCUT2D eigenvalue weighted by Crippen LogP contribution is 2.30. The molecule has 7 heteroatoms. The number of ether oxygens (including phenoxy) is 1. The van der Waals surface area contributed by atoms with Crippen molar-refractivity contribution in [3.05, 3.63) is 76.8 Å². The molecule has 3 aromatic rings. The highest BCUT2D eigenvalue weighted by Gasteiger charge is 2.38. The van der Waals surface area contributed by atoms with Gasteiger partial charge in [-0.15, -0.1) is 0 Å². The summed E-state index contributed by atoms with van der Waals surface area (Å²) in [5.74, 6) is -0.165. The Morgan fingerprint density at radius 2 is 1.77 bits per heavy atom. The van der Waals surface area contributed by atoms with Crippen molar-refractivity contribution >= 4 is 17.6 Å². The van der Waals surface area contributed by atoms with Gasteiger partial charge in [0, 0.05) is 6.07 Å². The summed E-state index contributed by atoms with van der Waals surface area (Å²) in [4.78, 5) is 26.1. The molecule has 2 heterocycles. The zero-order chi connectivity index (χ0) is 18.3. The van der Waals surface area contributed by atoms with Crippen LogP contribution in [0.2, 0.25) is 0 Å². The van der Waals surface area contributed by atoms with Crippen molar-refractivity contribution in [1.29, 1.82) is 0 Å². The molecule has 26 heavy (non-hydrogen) atoms. The Kier molecular flexibility index (Phi) is 3.76. The summed E-state index contributed by atoms with van der Waals surface area (Å²) in [6, 6.07) is 12.1. The molecule has 0 bridgehead atoms. The molecule has 0 saturated carbocycles. The molecule has 0 aliphatic carbocycles. The highest BCUT2D eigenvalue weighted by atomic mass is 19.1. The molecular weight excluding hydrogens is 339 g/mol. The minimum atomic E-state index is -0.481.